The first kappa shape index (κ1) is 20.7. The molecule has 6 nitrogen and oxygen atoms in total. The maximum atomic E-state index is 12.6. The van der Waals surface area contributed by atoms with Gasteiger partial charge in [0.15, 0.2) is 4.77 Å². The Kier molecular flexibility index (Phi) is 5.46. The van der Waals surface area contributed by atoms with Crippen LogP contribution in [0.15, 0.2) is 94.2 Å². The second kappa shape index (κ2) is 8.72. The van der Waals surface area contributed by atoms with Gasteiger partial charge in [-0.25, -0.2) is 0 Å². The Morgan fingerprint density at radius 1 is 0.970 bits per heavy atom. The fourth-order valence-corrected chi connectivity index (χ4v) is 3.93. The summed E-state index contributed by atoms with van der Waals surface area (Å²) in [5.74, 6) is 1.12. The van der Waals surface area contributed by atoms with Crippen molar-refractivity contribution in [2.75, 3.05) is 6.54 Å². The van der Waals surface area contributed by atoms with Crippen LogP contribution in [0.2, 0.25) is 0 Å². The monoisotopic (exact) mass is 453 g/mol. The molecule has 0 amide bonds. The van der Waals surface area contributed by atoms with Crippen LogP contribution in [0.25, 0.3) is 17.8 Å². The molecule has 0 saturated heterocycles. The first-order valence-corrected chi connectivity index (χ1v) is 10.7. The van der Waals surface area contributed by atoms with Crippen molar-refractivity contribution in [2.45, 2.75) is 0 Å². The number of aromatic nitrogens is 2. The van der Waals surface area contributed by atoms with E-state index in [1.54, 1.807) is 30.3 Å². The van der Waals surface area contributed by atoms with Gasteiger partial charge in [-0.2, -0.15) is 0 Å². The Morgan fingerprint density at radius 2 is 1.67 bits per heavy atom. The van der Waals surface area contributed by atoms with Gasteiger partial charge in [0.1, 0.15) is 17.1 Å². The normalized spacial score (nSPS) is 13.6. The van der Waals surface area contributed by atoms with E-state index in [1.807, 2.05) is 60.7 Å². The Hall–Kier alpha value is -4.23. The second-order valence-corrected chi connectivity index (χ2v) is 7.87. The van der Waals surface area contributed by atoms with Crippen molar-refractivity contribution in [1.29, 1.82) is 0 Å². The van der Waals surface area contributed by atoms with Gasteiger partial charge in [0.2, 0.25) is 5.88 Å². The number of rotatable bonds is 4. The molecule has 0 radical (unpaired) electrons. The van der Waals surface area contributed by atoms with Gasteiger partial charge in [-0.05, 0) is 72.4 Å². The smallest absolute Gasteiger partial charge is 0.262 e. The fourth-order valence-electron chi connectivity index (χ4n) is 3.64. The molecule has 0 aliphatic carbocycles. The first-order valence-electron chi connectivity index (χ1n) is 10.3. The highest BCUT2D eigenvalue weighted by atomic mass is 32.1. The van der Waals surface area contributed by atoms with E-state index in [0.717, 1.165) is 21.9 Å². The molecule has 0 unspecified atom stereocenters. The van der Waals surface area contributed by atoms with Gasteiger partial charge >= 0.3 is 0 Å². The topological polar surface area (TPSA) is 79.6 Å². The molecule has 2 heterocycles. The maximum Gasteiger partial charge on any atom is 0.262 e. The third kappa shape index (κ3) is 4.26. The minimum absolute atomic E-state index is 0.0963. The second-order valence-electron chi connectivity index (χ2n) is 7.48. The molecule has 33 heavy (non-hydrogen) atoms. The predicted molar refractivity (Wildman–Crippen MR) is 130 cm³/mol. The van der Waals surface area contributed by atoms with Crippen LogP contribution < -0.4 is 20.9 Å². The number of aromatic hydroxyl groups is 1. The Morgan fingerprint density at radius 3 is 2.45 bits per heavy atom. The average molecular weight is 454 g/mol. The molecule has 1 aliphatic heterocycles. The third-order valence-electron chi connectivity index (χ3n) is 5.23. The summed E-state index contributed by atoms with van der Waals surface area (Å²) in [4.78, 5) is 19.8. The Bertz CT molecular complexity index is 1600. The van der Waals surface area contributed by atoms with Crippen LogP contribution in [0, 0.1) is 4.77 Å². The van der Waals surface area contributed by atoms with Crippen molar-refractivity contribution in [3.05, 3.63) is 116 Å². The maximum absolute atomic E-state index is 12.6. The minimum atomic E-state index is -0.461. The lowest BCUT2D eigenvalue weighted by molar-refractivity contribution is 0.431. The molecule has 0 fully saturated rings. The number of nitrogens with zero attached hydrogens (tertiary/aromatic N) is 2. The molecule has 0 bridgehead atoms. The SMILES string of the molecule is O=c1[nH]c(=S)n(-c2ccc(Oc3ccccc3)cc2)c(O)c1C=C1C=c2ccccc2=NC1. The average Bonchev–Trinajstić information content (AvgIpc) is 2.83. The number of hydrogen-bond acceptors (Lipinski definition) is 5. The molecule has 5 rings (SSSR count). The predicted octanol–water partition coefficient (Wildman–Crippen LogP) is 3.89. The highest BCUT2D eigenvalue weighted by molar-refractivity contribution is 7.71. The Balaban J connectivity index is 1.52. The summed E-state index contributed by atoms with van der Waals surface area (Å²) in [6.45, 7) is 0.414. The molecule has 1 aromatic heterocycles. The Labute approximate surface area is 194 Å². The number of para-hydroxylation sites is 2. The van der Waals surface area contributed by atoms with Gasteiger partial charge in [-0.15, -0.1) is 0 Å². The van der Waals surface area contributed by atoms with Crippen LogP contribution in [-0.2, 0) is 0 Å². The molecule has 4 aromatic rings. The molecule has 162 valence electrons. The van der Waals surface area contributed by atoms with Crippen LogP contribution in [-0.4, -0.2) is 21.2 Å². The lowest BCUT2D eigenvalue weighted by atomic mass is 10.1. The summed E-state index contributed by atoms with van der Waals surface area (Å²) in [7, 11) is 0. The zero-order valence-electron chi connectivity index (χ0n) is 17.4. The number of nitrogens with one attached hydrogen (secondary N) is 1. The van der Waals surface area contributed by atoms with Crippen molar-refractivity contribution in [1.82, 2.24) is 9.55 Å². The van der Waals surface area contributed by atoms with Gasteiger partial charge < -0.3 is 9.84 Å². The zero-order chi connectivity index (χ0) is 22.8. The summed E-state index contributed by atoms with van der Waals surface area (Å²) in [5.41, 5.74) is 1.06. The summed E-state index contributed by atoms with van der Waals surface area (Å²) >= 11 is 5.33. The van der Waals surface area contributed by atoms with Crippen LogP contribution in [0.1, 0.15) is 5.56 Å². The van der Waals surface area contributed by atoms with E-state index in [9.17, 15) is 9.90 Å². The number of aromatic amines is 1. The molecule has 0 spiro atoms. The van der Waals surface area contributed by atoms with Crippen LogP contribution >= 0.6 is 12.2 Å². The van der Waals surface area contributed by atoms with E-state index >= 15 is 0 Å². The van der Waals surface area contributed by atoms with Gasteiger partial charge in [0, 0.05) is 5.22 Å². The fraction of sp³-hybridized carbons (Fsp3) is 0.0385. The van der Waals surface area contributed by atoms with E-state index in [-0.39, 0.29) is 16.2 Å². The summed E-state index contributed by atoms with van der Waals surface area (Å²) in [5, 5.41) is 12.9. The zero-order valence-corrected chi connectivity index (χ0v) is 18.3. The molecule has 0 saturated carbocycles. The molecule has 2 N–H and O–H groups in total. The van der Waals surface area contributed by atoms with Gasteiger partial charge in [-0.1, -0.05) is 36.4 Å². The molecule has 1 aliphatic rings. The van der Waals surface area contributed by atoms with Crippen LogP contribution in [0.3, 0.4) is 0 Å². The van der Waals surface area contributed by atoms with E-state index < -0.39 is 5.56 Å². The number of hydrogen-bond donors (Lipinski definition) is 2. The minimum Gasteiger partial charge on any atom is -0.494 e. The van der Waals surface area contributed by atoms with Crippen molar-refractivity contribution in [2.24, 2.45) is 4.99 Å². The van der Waals surface area contributed by atoms with E-state index in [4.69, 9.17) is 17.0 Å². The van der Waals surface area contributed by atoms with Crippen LogP contribution in [0.5, 0.6) is 17.4 Å². The molecular formula is C26H19N3O3S. The number of ether oxygens (including phenoxy) is 1. The molecule has 0 atom stereocenters. The van der Waals surface area contributed by atoms with Gasteiger partial charge in [0.25, 0.3) is 5.56 Å². The number of benzene rings is 3. The lowest BCUT2D eigenvalue weighted by Gasteiger charge is -2.13. The number of H-pyrrole nitrogens is 1. The van der Waals surface area contributed by atoms with Crippen molar-refractivity contribution in [3.8, 4) is 23.1 Å². The third-order valence-corrected chi connectivity index (χ3v) is 5.52. The lowest BCUT2D eigenvalue weighted by Crippen LogP contribution is -2.28. The van der Waals surface area contributed by atoms with Crippen LogP contribution in [0.4, 0.5) is 0 Å². The van der Waals surface area contributed by atoms with Gasteiger partial charge in [-0.3, -0.25) is 19.3 Å². The highest BCUT2D eigenvalue weighted by Gasteiger charge is 2.14. The van der Waals surface area contributed by atoms with Crippen molar-refractivity contribution >= 4 is 24.4 Å². The standard InChI is InChI=1S/C26H19N3O3S/c30-24-22(15-17-14-18-6-4-5-9-23(18)27-16-17)25(31)29(26(33)28-24)19-10-12-21(13-11-19)32-20-7-2-1-3-8-20/h1-15,31H,16H2,(H,28,30,33). The first-order chi connectivity index (χ1) is 16.1. The van der Waals surface area contributed by atoms with Gasteiger partial charge in [0.05, 0.1) is 17.6 Å². The van der Waals surface area contributed by atoms with Crippen molar-refractivity contribution < 1.29 is 9.84 Å². The highest BCUT2D eigenvalue weighted by Crippen LogP contribution is 2.26. The van der Waals surface area contributed by atoms with Crippen molar-refractivity contribution in [3.63, 3.8) is 0 Å². The largest absolute Gasteiger partial charge is 0.494 e. The van der Waals surface area contributed by atoms with E-state index in [2.05, 4.69) is 9.98 Å². The number of fused-ring (bicyclic) bond motifs is 1. The summed E-state index contributed by atoms with van der Waals surface area (Å²) in [6, 6.07) is 24.3. The molecule has 3 aromatic carbocycles. The van der Waals surface area contributed by atoms with E-state index in [0.29, 0.717) is 18.0 Å². The quantitative estimate of drug-likeness (QED) is 0.460. The summed E-state index contributed by atoms with van der Waals surface area (Å²) < 4.78 is 7.34. The summed E-state index contributed by atoms with van der Waals surface area (Å²) in [6.07, 6.45) is 3.61. The molecular weight excluding hydrogens is 434 g/mol. The molecule has 7 heteroatoms. The van der Waals surface area contributed by atoms with E-state index in [1.165, 1.54) is 4.57 Å².